The van der Waals surface area contributed by atoms with Gasteiger partial charge in [0.2, 0.25) is 11.8 Å². The molecule has 3 fully saturated rings. The summed E-state index contributed by atoms with van der Waals surface area (Å²) in [4.78, 5) is 24.0. The van der Waals surface area contributed by atoms with Crippen molar-refractivity contribution in [2.24, 2.45) is 0 Å². The fourth-order valence-electron chi connectivity index (χ4n) is 6.09. The van der Waals surface area contributed by atoms with E-state index in [0.29, 0.717) is 0 Å². The van der Waals surface area contributed by atoms with Gasteiger partial charge in [-0.3, -0.25) is 14.1 Å². The number of rotatable bonds is 18. The number of hydrogen-bond acceptors (Lipinski definition) is 23. The molecule has 0 saturated carbocycles. The van der Waals surface area contributed by atoms with E-state index in [1.807, 2.05) is 0 Å². The van der Waals surface area contributed by atoms with E-state index in [9.17, 15) is 79.3 Å². The Bertz CT molecular complexity index is 1330. The van der Waals surface area contributed by atoms with Gasteiger partial charge in [0.25, 0.3) is 0 Å². The summed E-state index contributed by atoms with van der Waals surface area (Å²) in [5.41, 5.74) is 0. The highest BCUT2D eigenvalue weighted by molar-refractivity contribution is 7.80. The second kappa shape index (κ2) is 20.7. The predicted octanol–water partition coefficient (Wildman–Crippen LogP) is -10.00. The summed E-state index contributed by atoms with van der Waals surface area (Å²) in [5.74, 6) is -1.57. The second-order valence-electron chi connectivity index (χ2n) is 12.9. The minimum absolute atomic E-state index is 0.760. The van der Waals surface area contributed by atoms with Gasteiger partial charge in [0.15, 0.2) is 18.9 Å². The molecule has 0 radical (unpaired) electrons. The van der Waals surface area contributed by atoms with Gasteiger partial charge in [-0.15, -0.1) is 0 Å². The van der Waals surface area contributed by atoms with E-state index in [-0.39, 0.29) is 0 Å². The summed E-state index contributed by atoms with van der Waals surface area (Å²) in [6, 6.07) is -3.21. The number of nitrogens with one attached hydrogen (secondary N) is 2. The van der Waals surface area contributed by atoms with Crippen LogP contribution in [0.15, 0.2) is 0 Å². The SMILES string of the molecule is CC(=O)N[C@H]1[C@H](OC[C@@H](O)[C@H](O)[C@H](O[C@@H]2O[C@H](CO)[C@H](O)[C@H](O)[C@H]2O)[C@H](CO)NC(C)=O)O[C@H](CO)[C@@H](O[C@@H]2O[C@H](CO)[C@H](O)[C@H](OS(=O)(=O)O)[C@H]2O)[C@@H]1O. The highest BCUT2D eigenvalue weighted by Gasteiger charge is 2.53. The molecule has 15 N–H and O–H groups in total. The smallest absolute Gasteiger partial charge is 0.394 e. The summed E-state index contributed by atoms with van der Waals surface area (Å²) < 4.78 is 69.1. The zero-order chi connectivity index (χ0) is 41.5. The monoisotopic (exact) mass is 830 g/mol. The van der Waals surface area contributed by atoms with E-state index in [2.05, 4.69) is 14.8 Å². The molecule has 19 atom stereocenters. The molecule has 0 aromatic rings. The van der Waals surface area contributed by atoms with Crippen molar-refractivity contribution in [3.8, 4) is 0 Å². The van der Waals surface area contributed by atoms with Gasteiger partial charge in [-0.25, -0.2) is 4.18 Å². The molecule has 0 aliphatic carbocycles. The minimum atomic E-state index is -5.30. The van der Waals surface area contributed by atoms with Crippen molar-refractivity contribution in [2.45, 2.75) is 130 Å². The van der Waals surface area contributed by atoms with Gasteiger partial charge in [-0.1, -0.05) is 0 Å². The standard InChI is InChI=1S/C28H50N2O24S/c1-8(35)29-10(3-31)23(52-27-21(43)20(42)17(39)12(4-32)49-27)16(38)11(37)7-48-26-15(30-9(2)36)19(41)24(14(6-34)51-26)53-28-22(44)25(54-55(45,46)47)18(40)13(5-33)50-28/h10-28,31-34,37-44H,3-7H2,1-2H3,(H,29,35)(H,30,36)(H,45,46,47)/t10-,11+,12+,13+,14+,15+,16-,17-,18-,19+,20-,21+,22+,23+,24+,25-,26+,27-,28-/m0/s1. The third kappa shape index (κ3) is 12.1. The van der Waals surface area contributed by atoms with Crippen molar-refractivity contribution in [1.29, 1.82) is 0 Å². The first-order valence-corrected chi connectivity index (χ1v) is 18.0. The van der Waals surface area contributed by atoms with E-state index in [1.165, 1.54) is 0 Å². The fourth-order valence-corrected chi connectivity index (χ4v) is 6.60. The zero-order valence-corrected chi connectivity index (χ0v) is 30.0. The summed E-state index contributed by atoms with van der Waals surface area (Å²) in [7, 11) is -5.30. The average Bonchev–Trinajstić information content (AvgIpc) is 3.12. The Morgan fingerprint density at radius 1 is 0.709 bits per heavy atom. The van der Waals surface area contributed by atoms with Crippen LogP contribution < -0.4 is 10.6 Å². The predicted molar refractivity (Wildman–Crippen MR) is 170 cm³/mol. The molecule has 0 spiro atoms. The van der Waals surface area contributed by atoms with Crippen molar-refractivity contribution >= 4 is 22.2 Å². The molecule has 3 aliphatic heterocycles. The van der Waals surface area contributed by atoms with Crippen molar-refractivity contribution in [1.82, 2.24) is 10.6 Å². The molecule has 0 unspecified atom stereocenters. The van der Waals surface area contributed by atoms with Crippen LogP contribution in [0.25, 0.3) is 0 Å². The van der Waals surface area contributed by atoms with Crippen LogP contribution in [0.4, 0.5) is 0 Å². The van der Waals surface area contributed by atoms with Crippen molar-refractivity contribution in [3.63, 3.8) is 0 Å². The van der Waals surface area contributed by atoms with Crippen LogP contribution in [0.2, 0.25) is 0 Å². The van der Waals surface area contributed by atoms with Crippen molar-refractivity contribution in [2.75, 3.05) is 33.0 Å². The minimum Gasteiger partial charge on any atom is -0.394 e. The molecule has 26 nitrogen and oxygen atoms in total. The van der Waals surface area contributed by atoms with Crippen LogP contribution in [-0.2, 0) is 52.6 Å². The average molecular weight is 831 g/mol. The van der Waals surface area contributed by atoms with Crippen LogP contribution in [0.1, 0.15) is 13.8 Å². The third-order valence-electron chi connectivity index (χ3n) is 8.85. The lowest BCUT2D eigenvalue weighted by Crippen LogP contribution is -2.68. The van der Waals surface area contributed by atoms with E-state index in [0.717, 1.165) is 13.8 Å². The normalized spacial score (nSPS) is 39.4. The molecule has 3 rings (SSSR count). The maximum absolute atomic E-state index is 12.1. The molecule has 3 aliphatic rings. The Hall–Kier alpha value is -1.91. The highest BCUT2D eigenvalue weighted by atomic mass is 32.3. The third-order valence-corrected chi connectivity index (χ3v) is 9.32. The lowest BCUT2D eigenvalue weighted by atomic mass is 9.95. The first kappa shape index (κ1) is 47.5. The van der Waals surface area contributed by atoms with Gasteiger partial charge in [-0.05, 0) is 0 Å². The first-order valence-electron chi connectivity index (χ1n) is 16.7. The number of carbonyl (C=O) groups excluding carboxylic acids is 2. The molecule has 322 valence electrons. The van der Waals surface area contributed by atoms with Crippen LogP contribution in [0.5, 0.6) is 0 Å². The van der Waals surface area contributed by atoms with E-state index in [4.69, 9.17) is 33.0 Å². The second-order valence-corrected chi connectivity index (χ2v) is 14.0. The van der Waals surface area contributed by atoms with Crippen LogP contribution >= 0.6 is 0 Å². The quantitative estimate of drug-likeness (QED) is 0.0570. The maximum atomic E-state index is 12.1. The summed E-state index contributed by atoms with van der Waals surface area (Å²) in [5, 5.41) is 129. The topological polar surface area (TPSA) is 420 Å². The Kier molecular flexibility index (Phi) is 17.8. The molecule has 0 bridgehead atoms. The summed E-state index contributed by atoms with van der Waals surface area (Å²) in [6.45, 7) is -2.74. The Morgan fingerprint density at radius 3 is 1.80 bits per heavy atom. The lowest BCUT2D eigenvalue weighted by molar-refractivity contribution is -0.348. The van der Waals surface area contributed by atoms with E-state index < -0.39 is 172 Å². The molecule has 55 heavy (non-hydrogen) atoms. The number of hydrogen-bond donors (Lipinski definition) is 15. The Morgan fingerprint density at radius 2 is 1.27 bits per heavy atom. The van der Waals surface area contributed by atoms with E-state index >= 15 is 0 Å². The van der Waals surface area contributed by atoms with Gasteiger partial charge < -0.3 is 100 Å². The molecule has 27 heteroatoms. The van der Waals surface area contributed by atoms with Crippen molar-refractivity contribution in [3.05, 3.63) is 0 Å². The molecule has 0 aromatic carbocycles. The van der Waals surface area contributed by atoms with E-state index in [1.54, 1.807) is 0 Å². The van der Waals surface area contributed by atoms with Gasteiger partial charge in [0.05, 0.1) is 39.1 Å². The maximum Gasteiger partial charge on any atom is 0.397 e. The summed E-state index contributed by atoms with van der Waals surface area (Å²) >= 11 is 0. The van der Waals surface area contributed by atoms with Gasteiger partial charge in [-0.2, -0.15) is 8.42 Å². The Balaban J connectivity index is 1.82. The number of amides is 2. The molecular weight excluding hydrogens is 780 g/mol. The van der Waals surface area contributed by atoms with Crippen LogP contribution in [0, 0.1) is 0 Å². The first-order chi connectivity index (χ1) is 25.7. The zero-order valence-electron chi connectivity index (χ0n) is 29.2. The lowest BCUT2D eigenvalue weighted by Gasteiger charge is -2.47. The van der Waals surface area contributed by atoms with Gasteiger partial charge in [0.1, 0.15) is 91.5 Å². The van der Waals surface area contributed by atoms with Crippen LogP contribution in [-0.4, -0.2) is 236 Å². The molecule has 3 heterocycles. The largest absolute Gasteiger partial charge is 0.397 e. The number of aliphatic hydroxyl groups excluding tert-OH is 12. The number of carbonyl (C=O) groups is 2. The highest BCUT2D eigenvalue weighted by Crippen LogP contribution is 2.32. The van der Waals surface area contributed by atoms with Crippen LogP contribution in [0.3, 0.4) is 0 Å². The fraction of sp³-hybridized carbons (Fsp3) is 0.929. The van der Waals surface area contributed by atoms with Gasteiger partial charge in [0, 0.05) is 13.8 Å². The Labute approximate surface area is 312 Å². The molecular formula is C28H50N2O24S. The molecule has 0 aromatic heterocycles. The van der Waals surface area contributed by atoms with Crippen molar-refractivity contribution < 1.29 is 116 Å². The number of ether oxygens (including phenoxy) is 6. The molecule has 2 amide bonds. The number of aliphatic hydroxyl groups is 12. The van der Waals surface area contributed by atoms with Gasteiger partial charge >= 0.3 is 10.4 Å². The summed E-state index contributed by atoms with van der Waals surface area (Å²) in [6.07, 6.45) is -32.7. The molecule has 3 saturated heterocycles.